The molecule has 0 aromatic heterocycles. The largest absolute Gasteiger partial charge is 0.351 e. The molecule has 0 spiro atoms. The molecule has 1 unspecified atom stereocenters. The van der Waals surface area contributed by atoms with E-state index in [-0.39, 0.29) is 5.91 Å². The highest BCUT2D eigenvalue weighted by Crippen LogP contribution is 2.36. The fourth-order valence-electron chi connectivity index (χ4n) is 1.56. The summed E-state index contributed by atoms with van der Waals surface area (Å²) >= 11 is 6.97. The molecule has 2 rings (SSSR count). The molecule has 1 amide bonds. The van der Waals surface area contributed by atoms with E-state index in [2.05, 4.69) is 37.2 Å². The maximum Gasteiger partial charge on any atom is 0.252 e. The molecule has 1 saturated carbocycles. The number of rotatable bonds is 4. The number of benzene rings is 1. The molecule has 1 aliphatic rings. The number of amides is 1. The Balaban J connectivity index is 1.90. The van der Waals surface area contributed by atoms with Gasteiger partial charge in [-0.2, -0.15) is 0 Å². The third kappa shape index (κ3) is 3.08. The third-order valence-electron chi connectivity index (χ3n) is 2.71. The SMILES string of the molecule is O=C(NCC(Br)C1CC1)c1ccccc1Br. The van der Waals surface area contributed by atoms with Crippen LogP contribution < -0.4 is 5.32 Å². The van der Waals surface area contributed by atoms with Crippen LogP contribution in [0.5, 0.6) is 0 Å². The van der Waals surface area contributed by atoms with Crippen LogP contribution in [-0.4, -0.2) is 17.3 Å². The van der Waals surface area contributed by atoms with E-state index in [1.807, 2.05) is 24.3 Å². The third-order valence-corrected chi connectivity index (χ3v) is 4.47. The molecule has 4 heteroatoms. The lowest BCUT2D eigenvalue weighted by Gasteiger charge is -2.10. The monoisotopic (exact) mass is 345 g/mol. The standard InChI is InChI=1S/C12H13Br2NO/c13-10-4-2-1-3-9(10)12(16)15-7-11(14)8-5-6-8/h1-4,8,11H,5-7H2,(H,15,16). The molecule has 2 nitrogen and oxygen atoms in total. The molecular formula is C12H13Br2NO. The second kappa shape index (κ2) is 5.32. The zero-order valence-corrected chi connectivity index (χ0v) is 11.9. The molecule has 1 N–H and O–H groups in total. The van der Waals surface area contributed by atoms with Gasteiger partial charge in [-0.3, -0.25) is 4.79 Å². The predicted molar refractivity (Wildman–Crippen MR) is 71.9 cm³/mol. The number of halogens is 2. The van der Waals surface area contributed by atoms with Crippen LogP contribution in [0.15, 0.2) is 28.7 Å². The van der Waals surface area contributed by atoms with Crippen molar-refractivity contribution in [2.75, 3.05) is 6.54 Å². The minimum absolute atomic E-state index is 0.0161. The summed E-state index contributed by atoms with van der Waals surface area (Å²) in [6.07, 6.45) is 2.56. The smallest absolute Gasteiger partial charge is 0.252 e. The van der Waals surface area contributed by atoms with Crippen LogP contribution in [0.25, 0.3) is 0 Å². The van der Waals surface area contributed by atoms with E-state index in [1.54, 1.807) is 0 Å². The number of hydrogen-bond donors (Lipinski definition) is 1. The predicted octanol–water partition coefficient (Wildman–Crippen LogP) is 3.35. The highest BCUT2D eigenvalue weighted by molar-refractivity contribution is 9.10. The number of hydrogen-bond acceptors (Lipinski definition) is 1. The molecular weight excluding hydrogens is 334 g/mol. The first kappa shape index (κ1) is 12.1. The van der Waals surface area contributed by atoms with Crippen LogP contribution in [0.2, 0.25) is 0 Å². The van der Waals surface area contributed by atoms with Crippen LogP contribution in [-0.2, 0) is 0 Å². The summed E-state index contributed by atoms with van der Waals surface area (Å²) in [6, 6.07) is 7.46. The zero-order chi connectivity index (χ0) is 11.5. The fourth-order valence-corrected chi connectivity index (χ4v) is 2.71. The van der Waals surface area contributed by atoms with E-state index in [0.717, 1.165) is 10.4 Å². The van der Waals surface area contributed by atoms with Crippen molar-refractivity contribution in [1.82, 2.24) is 5.32 Å². The van der Waals surface area contributed by atoms with Crippen molar-refractivity contribution in [2.24, 2.45) is 5.92 Å². The topological polar surface area (TPSA) is 29.1 Å². The van der Waals surface area contributed by atoms with Crippen molar-refractivity contribution >= 4 is 37.8 Å². The van der Waals surface area contributed by atoms with Crippen molar-refractivity contribution in [2.45, 2.75) is 17.7 Å². The molecule has 0 saturated heterocycles. The summed E-state index contributed by atoms with van der Waals surface area (Å²) in [5, 5.41) is 2.95. The molecule has 86 valence electrons. The highest BCUT2D eigenvalue weighted by Gasteiger charge is 2.29. The first-order valence-electron chi connectivity index (χ1n) is 5.35. The van der Waals surface area contributed by atoms with Crippen LogP contribution in [0.3, 0.4) is 0 Å². The zero-order valence-electron chi connectivity index (χ0n) is 8.75. The first-order chi connectivity index (χ1) is 7.68. The molecule has 1 fully saturated rings. The maximum atomic E-state index is 11.9. The summed E-state index contributed by atoms with van der Waals surface area (Å²) < 4.78 is 0.838. The molecule has 1 aromatic rings. The Labute approximate surface area is 112 Å². The number of alkyl halides is 1. The van der Waals surface area contributed by atoms with Gasteiger partial charge in [0.15, 0.2) is 0 Å². The normalized spacial score (nSPS) is 16.9. The minimum Gasteiger partial charge on any atom is -0.351 e. The average Bonchev–Trinajstić information content (AvgIpc) is 3.10. The first-order valence-corrected chi connectivity index (χ1v) is 7.06. The average molecular weight is 347 g/mol. The molecule has 0 aliphatic heterocycles. The van der Waals surface area contributed by atoms with Gasteiger partial charge in [0.1, 0.15) is 0 Å². The maximum absolute atomic E-state index is 11.9. The lowest BCUT2D eigenvalue weighted by atomic mass is 10.2. The van der Waals surface area contributed by atoms with Gasteiger partial charge in [-0.15, -0.1) is 0 Å². The highest BCUT2D eigenvalue weighted by atomic mass is 79.9. The van der Waals surface area contributed by atoms with E-state index < -0.39 is 0 Å². The summed E-state index contributed by atoms with van der Waals surface area (Å²) in [4.78, 5) is 12.3. The molecule has 0 radical (unpaired) electrons. The van der Waals surface area contributed by atoms with Gasteiger partial charge < -0.3 is 5.32 Å². The minimum atomic E-state index is -0.0161. The lowest BCUT2D eigenvalue weighted by Crippen LogP contribution is -2.30. The van der Waals surface area contributed by atoms with Gasteiger partial charge in [0.25, 0.3) is 5.91 Å². The van der Waals surface area contributed by atoms with Gasteiger partial charge in [0.05, 0.1) is 5.56 Å². The van der Waals surface area contributed by atoms with Crippen LogP contribution >= 0.6 is 31.9 Å². The summed E-state index contributed by atoms with van der Waals surface area (Å²) in [5.74, 6) is 0.733. The van der Waals surface area contributed by atoms with Gasteiger partial charge in [-0.05, 0) is 46.8 Å². The van der Waals surface area contributed by atoms with E-state index >= 15 is 0 Å². The summed E-state index contributed by atoms with van der Waals surface area (Å²) in [5.41, 5.74) is 0.693. The molecule has 1 atom stereocenters. The molecule has 1 aromatic carbocycles. The Kier molecular flexibility index (Phi) is 4.03. The van der Waals surface area contributed by atoms with Gasteiger partial charge in [0.2, 0.25) is 0 Å². The van der Waals surface area contributed by atoms with Crippen LogP contribution in [0, 0.1) is 5.92 Å². The second-order valence-corrected chi connectivity index (χ2v) is 6.07. The molecule has 1 aliphatic carbocycles. The van der Waals surface area contributed by atoms with Crippen LogP contribution in [0.1, 0.15) is 23.2 Å². The second-order valence-electron chi connectivity index (χ2n) is 4.04. The summed E-state index contributed by atoms with van der Waals surface area (Å²) in [7, 11) is 0. The van der Waals surface area contributed by atoms with Crippen molar-refractivity contribution in [3.8, 4) is 0 Å². The fraction of sp³-hybridized carbons (Fsp3) is 0.417. The Morgan fingerprint density at radius 1 is 1.44 bits per heavy atom. The van der Waals surface area contributed by atoms with E-state index in [4.69, 9.17) is 0 Å². The Morgan fingerprint density at radius 3 is 2.75 bits per heavy atom. The van der Waals surface area contributed by atoms with Crippen molar-refractivity contribution in [3.63, 3.8) is 0 Å². The number of nitrogens with one attached hydrogen (secondary N) is 1. The van der Waals surface area contributed by atoms with E-state index in [0.29, 0.717) is 16.9 Å². The lowest BCUT2D eigenvalue weighted by molar-refractivity contribution is 0.0952. The van der Waals surface area contributed by atoms with Crippen molar-refractivity contribution in [1.29, 1.82) is 0 Å². The molecule has 0 bridgehead atoms. The molecule has 16 heavy (non-hydrogen) atoms. The molecule has 0 heterocycles. The van der Waals surface area contributed by atoms with Gasteiger partial charge >= 0.3 is 0 Å². The number of carbonyl (C=O) groups excluding carboxylic acids is 1. The van der Waals surface area contributed by atoms with Crippen molar-refractivity contribution < 1.29 is 4.79 Å². The van der Waals surface area contributed by atoms with E-state index in [9.17, 15) is 4.79 Å². The van der Waals surface area contributed by atoms with Gasteiger partial charge in [-0.1, -0.05) is 28.1 Å². The Hall–Kier alpha value is -0.350. The van der Waals surface area contributed by atoms with E-state index in [1.165, 1.54) is 12.8 Å². The van der Waals surface area contributed by atoms with Gasteiger partial charge in [-0.25, -0.2) is 0 Å². The van der Waals surface area contributed by atoms with Crippen LogP contribution in [0.4, 0.5) is 0 Å². The van der Waals surface area contributed by atoms with Crippen molar-refractivity contribution in [3.05, 3.63) is 34.3 Å². The number of carbonyl (C=O) groups is 1. The van der Waals surface area contributed by atoms with Gasteiger partial charge in [0, 0.05) is 15.8 Å². The summed E-state index contributed by atoms with van der Waals surface area (Å²) in [6.45, 7) is 0.699. The Morgan fingerprint density at radius 2 is 2.12 bits per heavy atom. The Bertz CT molecular complexity index is 390. The quantitative estimate of drug-likeness (QED) is 0.832.